The molecule has 0 saturated carbocycles. The van der Waals surface area contributed by atoms with E-state index in [0.717, 1.165) is 47.5 Å². The Hall–Kier alpha value is -1.10. The normalized spacial score (nSPS) is 15.2. The molecule has 0 bridgehead atoms. The van der Waals surface area contributed by atoms with Crippen LogP contribution in [0.2, 0.25) is 5.02 Å². The van der Waals surface area contributed by atoms with Crippen LogP contribution in [0.15, 0.2) is 24.3 Å². The van der Waals surface area contributed by atoms with Gasteiger partial charge in [0.25, 0.3) is 0 Å². The van der Waals surface area contributed by atoms with Crippen molar-refractivity contribution in [1.82, 2.24) is 9.88 Å². The lowest BCUT2D eigenvalue weighted by molar-refractivity contribution is 0.257. The molecule has 2 heterocycles. The molecular weight excluding hydrogens is 328 g/mol. The highest BCUT2D eigenvalue weighted by molar-refractivity contribution is 7.15. The Morgan fingerprint density at radius 2 is 1.96 bits per heavy atom. The fourth-order valence-electron chi connectivity index (χ4n) is 2.85. The lowest BCUT2D eigenvalue weighted by atomic mass is 10.2. The van der Waals surface area contributed by atoms with Crippen LogP contribution in [-0.2, 0) is 6.42 Å². The zero-order valence-corrected chi connectivity index (χ0v) is 15.1. The Labute approximate surface area is 147 Å². The van der Waals surface area contributed by atoms with Crippen LogP contribution in [0.4, 0.5) is 0 Å². The number of likely N-dealkylation sites (tertiary alicyclic amines) is 1. The summed E-state index contributed by atoms with van der Waals surface area (Å²) in [5.41, 5.74) is 1.10. The van der Waals surface area contributed by atoms with E-state index in [0.29, 0.717) is 0 Å². The van der Waals surface area contributed by atoms with Crippen molar-refractivity contribution in [2.45, 2.75) is 32.6 Å². The maximum atomic E-state index is 5.96. The zero-order chi connectivity index (χ0) is 16.1. The number of thiazole rings is 1. The van der Waals surface area contributed by atoms with Gasteiger partial charge in [0.05, 0.1) is 11.5 Å². The molecule has 2 aromatic rings. The number of nitrogens with zero attached hydrogens (tertiary/aromatic N) is 2. The Morgan fingerprint density at radius 1 is 1.22 bits per heavy atom. The molecule has 1 aromatic heterocycles. The number of hydrogen-bond acceptors (Lipinski definition) is 4. The number of aryl methyl sites for hydroxylation is 1. The van der Waals surface area contributed by atoms with Crippen LogP contribution < -0.4 is 4.74 Å². The van der Waals surface area contributed by atoms with E-state index in [2.05, 4.69) is 16.8 Å². The Kier molecular flexibility index (Phi) is 5.92. The minimum atomic E-state index is 0.743. The van der Waals surface area contributed by atoms with Crippen LogP contribution in [0.3, 0.4) is 0 Å². The Bertz CT molecular complexity index is 620. The van der Waals surface area contributed by atoms with Crippen molar-refractivity contribution in [1.29, 1.82) is 0 Å². The highest BCUT2D eigenvalue weighted by Crippen LogP contribution is 2.33. The maximum Gasteiger partial charge on any atom is 0.228 e. The molecule has 3 rings (SSSR count). The molecule has 1 aliphatic heterocycles. The summed E-state index contributed by atoms with van der Waals surface area (Å²) in [6, 6.07) is 7.83. The number of hydrogen-bond donors (Lipinski definition) is 0. The number of rotatable bonds is 7. The van der Waals surface area contributed by atoms with Crippen molar-refractivity contribution in [2.24, 2.45) is 0 Å². The maximum absolute atomic E-state index is 5.96. The van der Waals surface area contributed by atoms with Crippen molar-refractivity contribution in [3.05, 3.63) is 34.2 Å². The topological polar surface area (TPSA) is 25.4 Å². The van der Waals surface area contributed by atoms with Crippen LogP contribution in [-0.4, -0.2) is 36.1 Å². The third-order valence-corrected chi connectivity index (χ3v) is 5.61. The summed E-state index contributed by atoms with van der Waals surface area (Å²) < 4.78 is 5.96. The van der Waals surface area contributed by atoms with Crippen LogP contribution in [0, 0.1) is 0 Å². The summed E-state index contributed by atoms with van der Waals surface area (Å²) >= 11 is 7.67. The van der Waals surface area contributed by atoms with Gasteiger partial charge < -0.3 is 9.64 Å². The number of ether oxygens (including phenoxy) is 1. The van der Waals surface area contributed by atoms with Crippen molar-refractivity contribution < 1.29 is 4.74 Å². The highest BCUT2D eigenvalue weighted by Gasteiger charge is 2.14. The molecule has 5 heteroatoms. The van der Waals surface area contributed by atoms with Gasteiger partial charge in [0.2, 0.25) is 5.88 Å². The Morgan fingerprint density at radius 3 is 2.65 bits per heavy atom. The van der Waals surface area contributed by atoms with Gasteiger partial charge >= 0.3 is 0 Å². The fourth-order valence-corrected chi connectivity index (χ4v) is 3.93. The minimum absolute atomic E-state index is 0.743. The van der Waals surface area contributed by atoms with Crippen molar-refractivity contribution >= 4 is 22.9 Å². The van der Waals surface area contributed by atoms with E-state index >= 15 is 0 Å². The average molecular weight is 351 g/mol. The summed E-state index contributed by atoms with van der Waals surface area (Å²) in [7, 11) is 0. The molecule has 0 aliphatic carbocycles. The van der Waals surface area contributed by atoms with Gasteiger partial charge in [0, 0.05) is 17.1 Å². The number of aromatic nitrogens is 1. The van der Waals surface area contributed by atoms with Crippen LogP contribution in [0.5, 0.6) is 5.88 Å². The number of halogens is 1. The largest absolute Gasteiger partial charge is 0.477 e. The molecule has 1 aromatic carbocycles. The monoisotopic (exact) mass is 350 g/mol. The third kappa shape index (κ3) is 4.46. The molecule has 0 unspecified atom stereocenters. The van der Waals surface area contributed by atoms with E-state index in [4.69, 9.17) is 16.3 Å². The quantitative estimate of drug-likeness (QED) is 0.665. The van der Waals surface area contributed by atoms with Gasteiger partial charge in [-0.2, -0.15) is 0 Å². The first kappa shape index (κ1) is 16.7. The summed E-state index contributed by atoms with van der Waals surface area (Å²) in [6.45, 7) is 6.52. The van der Waals surface area contributed by atoms with Gasteiger partial charge in [-0.05, 0) is 50.9 Å². The second kappa shape index (κ2) is 8.13. The van der Waals surface area contributed by atoms with Gasteiger partial charge in [-0.1, -0.05) is 30.7 Å². The third-order valence-electron chi connectivity index (χ3n) is 4.13. The zero-order valence-electron chi connectivity index (χ0n) is 13.6. The van der Waals surface area contributed by atoms with E-state index in [9.17, 15) is 0 Å². The lowest BCUT2D eigenvalue weighted by Gasteiger charge is -2.14. The summed E-state index contributed by atoms with van der Waals surface area (Å²) in [4.78, 5) is 8.43. The number of benzene rings is 1. The van der Waals surface area contributed by atoms with E-state index < -0.39 is 0 Å². The lowest BCUT2D eigenvalue weighted by Crippen LogP contribution is -2.22. The van der Waals surface area contributed by atoms with E-state index in [1.807, 2.05) is 24.3 Å². The first-order valence-electron chi connectivity index (χ1n) is 8.37. The predicted molar refractivity (Wildman–Crippen MR) is 97.7 cm³/mol. The van der Waals surface area contributed by atoms with Gasteiger partial charge in [-0.15, -0.1) is 11.3 Å². The molecule has 1 aliphatic rings. The summed E-state index contributed by atoms with van der Waals surface area (Å²) in [5, 5.41) is 1.76. The van der Waals surface area contributed by atoms with E-state index in [1.165, 1.54) is 30.8 Å². The van der Waals surface area contributed by atoms with Crippen LogP contribution in [0.25, 0.3) is 10.6 Å². The minimum Gasteiger partial charge on any atom is -0.477 e. The van der Waals surface area contributed by atoms with E-state index in [1.54, 1.807) is 11.3 Å². The Balaban J connectivity index is 1.58. The SMILES string of the molecule is CCc1sc(-c2ccc(Cl)cc2)nc1OCCCN1CCCC1. The molecule has 0 spiro atoms. The molecule has 1 fully saturated rings. The van der Waals surface area contributed by atoms with Crippen molar-refractivity contribution in [3.8, 4) is 16.5 Å². The average Bonchev–Trinajstić information content (AvgIpc) is 3.22. The second-order valence-corrected chi connectivity index (χ2v) is 7.38. The molecule has 23 heavy (non-hydrogen) atoms. The van der Waals surface area contributed by atoms with Gasteiger partial charge in [0.1, 0.15) is 5.01 Å². The van der Waals surface area contributed by atoms with Crippen LogP contribution >= 0.6 is 22.9 Å². The molecule has 0 amide bonds. The summed E-state index contributed by atoms with van der Waals surface area (Å²) in [6.07, 6.45) is 4.71. The second-order valence-electron chi connectivity index (χ2n) is 5.86. The van der Waals surface area contributed by atoms with E-state index in [-0.39, 0.29) is 0 Å². The molecule has 0 atom stereocenters. The van der Waals surface area contributed by atoms with Gasteiger partial charge in [-0.25, -0.2) is 4.98 Å². The molecule has 0 radical (unpaired) electrons. The van der Waals surface area contributed by atoms with Crippen molar-refractivity contribution in [3.63, 3.8) is 0 Å². The summed E-state index contributed by atoms with van der Waals surface area (Å²) in [5.74, 6) is 0.809. The molecular formula is C18H23ClN2OS. The standard InChI is InChI=1S/C18H23ClN2OS/c1-2-16-17(22-13-5-12-21-10-3-4-11-21)20-18(23-16)14-6-8-15(19)9-7-14/h6-9H,2-5,10-13H2,1H3. The van der Waals surface area contributed by atoms with Gasteiger partial charge in [-0.3, -0.25) is 0 Å². The van der Waals surface area contributed by atoms with Crippen molar-refractivity contribution in [2.75, 3.05) is 26.2 Å². The molecule has 0 N–H and O–H groups in total. The first-order chi connectivity index (χ1) is 11.3. The highest BCUT2D eigenvalue weighted by atomic mass is 35.5. The van der Waals surface area contributed by atoms with Crippen LogP contribution in [0.1, 0.15) is 31.1 Å². The van der Waals surface area contributed by atoms with Gasteiger partial charge in [0.15, 0.2) is 0 Å². The first-order valence-corrected chi connectivity index (χ1v) is 9.56. The molecule has 1 saturated heterocycles. The molecule has 3 nitrogen and oxygen atoms in total. The smallest absolute Gasteiger partial charge is 0.228 e. The predicted octanol–water partition coefficient (Wildman–Crippen LogP) is 4.89. The molecule has 124 valence electrons. The fraction of sp³-hybridized carbons (Fsp3) is 0.500.